The van der Waals surface area contributed by atoms with Gasteiger partial charge in [-0.05, 0) is 36.7 Å². The van der Waals surface area contributed by atoms with Gasteiger partial charge in [0, 0.05) is 7.05 Å². The summed E-state index contributed by atoms with van der Waals surface area (Å²) in [5.41, 5.74) is 2.92. The van der Waals surface area contributed by atoms with Gasteiger partial charge in [-0.25, -0.2) is 4.39 Å². The Balaban J connectivity index is 2.42. The molecule has 1 aromatic carbocycles. The predicted octanol–water partition coefficient (Wildman–Crippen LogP) is 2.83. The van der Waals surface area contributed by atoms with Crippen molar-refractivity contribution in [3.63, 3.8) is 0 Å². The van der Waals surface area contributed by atoms with Crippen molar-refractivity contribution in [2.75, 3.05) is 13.7 Å². The van der Waals surface area contributed by atoms with Crippen molar-refractivity contribution in [1.82, 2.24) is 15.1 Å². The van der Waals surface area contributed by atoms with Crippen molar-refractivity contribution in [1.29, 1.82) is 0 Å². The Morgan fingerprint density at radius 2 is 2.10 bits per heavy atom. The third-order valence-corrected chi connectivity index (χ3v) is 3.54. The van der Waals surface area contributed by atoms with E-state index in [9.17, 15) is 4.39 Å². The molecule has 1 atom stereocenters. The summed E-state index contributed by atoms with van der Waals surface area (Å²) in [7, 11) is 3.38. The van der Waals surface area contributed by atoms with Gasteiger partial charge in [0.05, 0.1) is 24.5 Å². The molecule has 1 N–H and O–H groups in total. The molecule has 0 aliphatic heterocycles. The molecule has 0 spiro atoms. The van der Waals surface area contributed by atoms with E-state index in [1.807, 2.05) is 24.7 Å². The van der Waals surface area contributed by atoms with Crippen molar-refractivity contribution in [3.8, 4) is 5.75 Å². The molecule has 0 aliphatic carbocycles. The number of halogens is 1. The topological polar surface area (TPSA) is 39.1 Å². The van der Waals surface area contributed by atoms with E-state index < -0.39 is 0 Å². The van der Waals surface area contributed by atoms with Crippen LogP contribution in [0.15, 0.2) is 24.3 Å². The van der Waals surface area contributed by atoms with E-state index in [0.717, 1.165) is 29.9 Å². The molecule has 1 heterocycles. The number of aryl methyl sites for hydroxylation is 2. The zero-order valence-electron chi connectivity index (χ0n) is 13.0. The zero-order chi connectivity index (χ0) is 15.4. The first-order valence-corrected chi connectivity index (χ1v) is 7.20. The van der Waals surface area contributed by atoms with Gasteiger partial charge in [0.15, 0.2) is 11.6 Å². The van der Waals surface area contributed by atoms with Crippen LogP contribution in [0.5, 0.6) is 5.75 Å². The monoisotopic (exact) mass is 291 g/mol. The lowest BCUT2D eigenvalue weighted by molar-refractivity contribution is 0.385. The Hall–Kier alpha value is -1.88. The minimum atomic E-state index is -0.351. The number of ether oxygens (including phenoxy) is 1. The molecular weight excluding hydrogens is 269 g/mol. The Bertz CT molecular complexity index is 610. The molecule has 0 bridgehead atoms. The van der Waals surface area contributed by atoms with Crippen molar-refractivity contribution >= 4 is 0 Å². The molecule has 0 fully saturated rings. The predicted molar refractivity (Wildman–Crippen MR) is 81.1 cm³/mol. The molecule has 1 aromatic heterocycles. The number of nitrogens with zero attached hydrogens (tertiary/aromatic N) is 2. The molecule has 0 saturated heterocycles. The second kappa shape index (κ2) is 6.72. The van der Waals surface area contributed by atoms with Crippen LogP contribution >= 0.6 is 0 Å². The summed E-state index contributed by atoms with van der Waals surface area (Å²) in [6.07, 6.45) is 0.879. The van der Waals surface area contributed by atoms with Crippen molar-refractivity contribution in [3.05, 3.63) is 47.0 Å². The molecule has 0 radical (unpaired) electrons. The lowest BCUT2D eigenvalue weighted by Gasteiger charge is -2.19. The largest absolute Gasteiger partial charge is 0.494 e. The number of methoxy groups -OCH3 is 1. The summed E-state index contributed by atoms with van der Waals surface area (Å²) in [6, 6.07) is 7.04. The number of aromatic nitrogens is 2. The van der Waals surface area contributed by atoms with Crippen molar-refractivity contribution in [2.45, 2.75) is 26.3 Å². The van der Waals surface area contributed by atoms with Crippen LogP contribution in [-0.2, 0) is 13.5 Å². The molecule has 4 nitrogen and oxygen atoms in total. The van der Waals surface area contributed by atoms with Gasteiger partial charge in [-0.1, -0.05) is 19.9 Å². The average molecular weight is 291 g/mol. The highest BCUT2D eigenvalue weighted by Crippen LogP contribution is 2.26. The molecule has 5 heteroatoms. The first-order valence-electron chi connectivity index (χ1n) is 7.20. The average Bonchev–Trinajstić information content (AvgIpc) is 2.85. The van der Waals surface area contributed by atoms with E-state index in [1.165, 1.54) is 13.2 Å². The second-order valence-electron chi connectivity index (χ2n) is 4.92. The van der Waals surface area contributed by atoms with E-state index in [1.54, 1.807) is 6.07 Å². The molecule has 114 valence electrons. The highest BCUT2D eigenvalue weighted by atomic mass is 19.1. The fourth-order valence-electron chi connectivity index (χ4n) is 2.45. The van der Waals surface area contributed by atoms with Crippen molar-refractivity contribution in [2.24, 2.45) is 7.05 Å². The molecular formula is C16H22FN3O. The normalized spacial score (nSPS) is 12.4. The van der Waals surface area contributed by atoms with Crippen LogP contribution < -0.4 is 10.1 Å². The van der Waals surface area contributed by atoms with Crippen LogP contribution in [0.1, 0.15) is 36.8 Å². The Labute approximate surface area is 124 Å². The van der Waals surface area contributed by atoms with Crippen LogP contribution in [0.3, 0.4) is 0 Å². The number of hydrogen-bond donors (Lipinski definition) is 1. The van der Waals surface area contributed by atoms with Gasteiger partial charge >= 0.3 is 0 Å². The maximum atomic E-state index is 14.0. The van der Waals surface area contributed by atoms with E-state index in [4.69, 9.17) is 4.74 Å². The van der Waals surface area contributed by atoms with Gasteiger partial charge in [0.2, 0.25) is 0 Å². The van der Waals surface area contributed by atoms with E-state index in [0.29, 0.717) is 0 Å². The number of rotatable bonds is 6. The summed E-state index contributed by atoms with van der Waals surface area (Å²) in [5, 5.41) is 7.86. The summed E-state index contributed by atoms with van der Waals surface area (Å²) < 4.78 is 20.8. The first kappa shape index (κ1) is 15.5. The standard InChI is InChI=1S/C16H22FN3O/c1-5-12-10-14(20(3)19-12)16(18-6-2)11-7-8-15(21-4)13(17)9-11/h7-10,16,18H,5-6H2,1-4H3. The smallest absolute Gasteiger partial charge is 0.165 e. The summed E-state index contributed by atoms with van der Waals surface area (Å²) in [4.78, 5) is 0. The van der Waals surface area contributed by atoms with E-state index in [-0.39, 0.29) is 17.6 Å². The van der Waals surface area contributed by atoms with Crippen LogP contribution in [0.2, 0.25) is 0 Å². The SMILES string of the molecule is CCNC(c1ccc(OC)c(F)c1)c1cc(CC)nn1C. The van der Waals surface area contributed by atoms with E-state index >= 15 is 0 Å². The molecule has 2 aromatic rings. The molecule has 0 saturated carbocycles. The van der Waals surface area contributed by atoms with Gasteiger partial charge in [-0.2, -0.15) is 5.10 Å². The van der Waals surface area contributed by atoms with Crippen LogP contribution in [-0.4, -0.2) is 23.4 Å². The van der Waals surface area contributed by atoms with Crippen LogP contribution in [0.4, 0.5) is 4.39 Å². The number of benzene rings is 1. The summed E-state index contributed by atoms with van der Waals surface area (Å²) in [5.74, 6) is -0.0935. The maximum Gasteiger partial charge on any atom is 0.165 e. The highest BCUT2D eigenvalue weighted by molar-refractivity contribution is 5.35. The third-order valence-electron chi connectivity index (χ3n) is 3.54. The van der Waals surface area contributed by atoms with Gasteiger partial charge in [-0.3, -0.25) is 4.68 Å². The fourth-order valence-corrected chi connectivity index (χ4v) is 2.45. The Kier molecular flexibility index (Phi) is 4.96. The first-order chi connectivity index (χ1) is 10.1. The number of nitrogens with one attached hydrogen (secondary N) is 1. The quantitative estimate of drug-likeness (QED) is 0.889. The summed E-state index contributed by atoms with van der Waals surface area (Å²) in [6.45, 7) is 4.89. The summed E-state index contributed by atoms with van der Waals surface area (Å²) >= 11 is 0. The Morgan fingerprint density at radius 3 is 2.62 bits per heavy atom. The Morgan fingerprint density at radius 1 is 1.33 bits per heavy atom. The van der Waals surface area contributed by atoms with Gasteiger partial charge in [-0.15, -0.1) is 0 Å². The molecule has 0 aliphatic rings. The van der Waals surface area contributed by atoms with Crippen LogP contribution in [0, 0.1) is 5.82 Å². The maximum absolute atomic E-state index is 14.0. The fraction of sp³-hybridized carbons (Fsp3) is 0.438. The minimum absolute atomic E-state index is 0.0896. The van der Waals surface area contributed by atoms with Gasteiger partial charge in [0.1, 0.15) is 0 Å². The lowest BCUT2D eigenvalue weighted by atomic mass is 10.0. The zero-order valence-corrected chi connectivity index (χ0v) is 13.0. The van der Waals surface area contributed by atoms with Crippen molar-refractivity contribution < 1.29 is 9.13 Å². The molecule has 21 heavy (non-hydrogen) atoms. The van der Waals surface area contributed by atoms with Gasteiger partial charge in [0.25, 0.3) is 0 Å². The number of hydrogen-bond acceptors (Lipinski definition) is 3. The molecule has 2 rings (SSSR count). The highest BCUT2D eigenvalue weighted by Gasteiger charge is 2.19. The van der Waals surface area contributed by atoms with E-state index in [2.05, 4.69) is 23.4 Å². The van der Waals surface area contributed by atoms with Gasteiger partial charge < -0.3 is 10.1 Å². The molecule has 1 unspecified atom stereocenters. The second-order valence-corrected chi connectivity index (χ2v) is 4.92. The molecule has 0 amide bonds. The minimum Gasteiger partial charge on any atom is -0.494 e. The van der Waals surface area contributed by atoms with Crippen LogP contribution in [0.25, 0.3) is 0 Å². The lowest BCUT2D eigenvalue weighted by Crippen LogP contribution is -2.24. The third kappa shape index (κ3) is 3.24.